The van der Waals surface area contributed by atoms with Gasteiger partial charge in [-0.1, -0.05) is 6.07 Å². The Morgan fingerprint density at radius 1 is 1.15 bits per heavy atom. The monoisotopic (exact) mass is 360 g/mol. The van der Waals surface area contributed by atoms with E-state index in [0.29, 0.717) is 24.5 Å². The Kier molecular flexibility index (Phi) is 7.08. The minimum absolute atomic E-state index is 0.0368. The highest BCUT2D eigenvalue weighted by atomic mass is 16.5. The summed E-state index contributed by atoms with van der Waals surface area (Å²) in [5, 5.41) is 2.66. The van der Waals surface area contributed by atoms with Gasteiger partial charge >= 0.3 is 0 Å². The number of hydrogen-bond donors (Lipinski definition) is 1. The molecule has 2 amide bonds. The molecule has 26 heavy (non-hydrogen) atoms. The van der Waals surface area contributed by atoms with Gasteiger partial charge in [0.2, 0.25) is 5.91 Å². The third-order valence-corrected chi connectivity index (χ3v) is 3.98. The first-order valence-electron chi connectivity index (χ1n) is 8.31. The van der Waals surface area contributed by atoms with Crippen molar-refractivity contribution in [1.82, 2.24) is 10.2 Å². The topological polar surface area (TPSA) is 81.0 Å². The van der Waals surface area contributed by atoms with Crippen molar-refractivity contribution in [3.8, 4) is 11.5 Å². The van der Waals surface area contributed by atoms with Crippen LogP contribution in [0.1, 0.15) is 22.5 Å². The fraction of sp³-hybridized carbons (Fsp3) is 0.368. The van der Waals surface area contributed by atoms with Gasteiger partial charge in [0.15, 0.2) is 17.3 Å². The van der Waals surface area contributed by atoms with Crippen LogP contribution in [0.15, 0.2) is 41.0 Å². The van der Waals surface area contributed by atoms with E-state index in [4.69, 9.17) is 13.9 Å². The lowest BCUT2D eigenvalue weighted by Crippen LogP contribution is -2.33. The second-order valence-corrected chi connectivity index (χ2v) is 5.74. The molecular formula is C19H24N2O5. The second kappa shape index (κ2) is 9.50. The molecule has 0 saturated carbocycles. The Bertz CT molecular complexity index is 728. The zero-order valence-corrected chi connectivity index (χ0v) is 15.3. The van der Waals surface area contributed by atoms with Gasteiger partial charge in [-0.05, 0) is 36.2 Å². The van der Waals surface area contributed by atoms with Crippen molar-refractivity contribution >= 4 is 11.8 Å². The normalized spacial score (nSPS) is 10.3. The first-order chi connectivity index (χ1) is 12.5. The number of hydrogen-bond acceptors (Lipinski definition) is 5. The molecule has 0 spiro atoms. The summed E-state index contributed by atoms with van der Waals surface area (Å²) in [6.45, 7) is 0.833. The van der Waals surface area contributed by atoms with Crippen molar-refractivity contribution in [2.75, 3.05) is 34.4 Å². The number of carbonyl (C=O) groups excluding carboxylic acids is 2. The van der Waals surface area contributed by atoms with E-state index in [1.54, 1.807) is 38.3 Å². The van der Waals surface area contributed by atoms with Gasteiger partial charge in [0, 0.05) is 26.6 Å². The smallest absolute Gasteiger partial charge is 0.286 e. The number of amides is 2. The van der Waals surface area contributed by atoms with Crippen LogP contribution in [0.4, 0.5) is 0 Å². The highest BCUT2D eigenvalue weighted by Gasteiger charge is 2.12. The van der Waals surface area contributed by atoms with E-state index >= 15 is 0 Å². The molecule has 0 radical (unpaired) electrons. The summed E-state index contributed by atoms with van der Waals surface area (Å²) in [4.78, 5) is 25.5. The molecule has 0 saturated heterocycles. The fourth-order valence-corrected chi connectivity index (χ4v) is 2.43. The van der Waals surface area contributed by atoms with Crippen LogP contribution in [0.25, 0.3) is 0 Å². The predicted octanol–water partition coefficient (Wildman–Crippen LogP) is 2.12. The van der Waals surface area contributed by atoms with Crippen molar-refractivity contribution in [3.05, 3.63) is 47.9 Å². The Morgan fingerprint density at radius 3 is 2.58 bits per heavy atom. The van der Waals surface area contributed by atoms with Crippen molar-refractivity contribution in [2.45, 2.75) is 12.8 Å². The lowest BCUT2D eigenvalue weighted by molar-refractivity contribution is -0.129. The minimum Gasteiger partial charge on any atom is -0.493 e. The lowest BCUT2D eigenvalue weighted by atomic mass is 10.1. The SMILES string of the molecule is COc1ccc(CCN(C)C(=O)CCNC(=O)c2ccco2)cc1OC. The summed E-state index contributed by atoms with van der Waals surface area (Å²) in [6.07, 6.45) is 2.36. The van der Waals surface area contributed by atoms with E-state index in [1.165, 1.54) is 6.26 Å². The molecule has 0 atom stereocenters. The molecular weight excluding hydrogens is 336 g/mol. The summed E-state index contributed by atoms with van der Waals surface area (Å²) in [5.41, 5.74) is 1.05. The molecule has 1 aromatic heterocycles. The number of carbonyl (C=O) groups is 2. The van der Waals surface area contributed by atoms with Gasteiger partial charge < -0.3 is 24.1 Å². The van der Waals surface area contributed by atoms with Gasteiger partial charge in [0.25, 0.3) is 5.91 Å². The van der Waals surface area contributed by atoms with Crippen LogP contribution in [0.3, 0.4) is 0 Å². The third kappa shape index (κ3) is 5.27. The van der Waals surface area contributed by atoms with Gasteiger partial charge in [-0.15, -0.1) is 0 Å². The molecule has 0 bridgehead atoms. The molecule has 7 heteroatoms. The van der Waals surface area contributed by atoms with Crippen LogP contribution in [0.5, 0.6) is 11.5 Å². The Balaban J connectivity index is 1.75. The summed E-state index contributed by atoms with van der Waals surface area (Å²) < 4.78 is 15.5. The van der Waals surface area contributed by atoms with Gasteiger partial charge in [-0.25, -0.2) is 0 Å². The maximum Gasteiger partial charge on any atom is 0.286 e. The van der Waals surface area contributed by atoms with Crippen LogP contribution >= 0.6 is 0 Å². The van der Waals surface area contributed by atoms with Crippen LogP contribution in [0, 0.1) is 0 Å². The molecule has 0 aliphatic heterocycles. The van der Waals surface area contributed by atoms with Crippen molar-refractivity contribution in [1.29, 1.82) is 0 Å². The number of nitrogens with one attached hydrogen (secondary N) is 1. The Morgan fingerprint density at radius 2 is 1.92 bits per heavy atom. The molecule has 140 valence electrons. The van der Waals surface area contributed by atoms with Gasteiger partial charge in [0.05, 0.1) is 20.5 Å². The number of ether oxygens (including phenoxy) is 2. The van der Waals surface area contributed by atoms with E-state index in [2.05, 4.69) is 5.32 Å². The zero-order chi connectivity index (χ0) is 18.9. The van der Waals surface area contributed by atoms with Crippen molar-refractivity contribution in [2.24, 2.45) is 0 Å². The summed E-state index contributed by atoms with van der Waals surface area (Å²) >= 11 is 0. The van der Waals surface area contributed by atoms with Gasteiger partial charge in [0.1, 0.15) is 0 Å². The molecule has 0 aliphatic carbocycles. The minimum atomic E-state index is -0.323. The van der Waals surface area contributed by atoms with E-state index in [0.717, 1.165) is 5.56 Å². The number of benzene rings is 1. The van der Waals surface area contributed by atoms with Gasteiger partial charge in [-0.3, -0.25) is 9.59 Å². The first-order valence-corrected chi connectivity index (χ1v) is 8.31. The van der Waals surface area contributed by atoms with Gasteiger partial charge in [-0.2, -0.15) is 0 Å². The number of furan rings is 1. The second-order valence-electron chi connectivity index (χ2n) is 5.74. The maximum absolute atomic E-state index is 12.2. The number of likely N-dealkylation sites (N-methyl/N-ethyl adjacent to an activating group) is 1. The molecule has 0 aliphatic rings. The number of methoxy groups -OCH3 is 2. The third-order valence-electron chi connectivity index (χ3n) is 3.98. The molecule has 2 aromatic rings. The Hall–Kier alpha value is -2.96. The highest BCUT2D eigenvalue weighted by Crippen LogP contribution is 2.27. The highest BCUT2D eigenvalue weighted by molar-refractivity contribution is 5.91. The van der Waals surface area contributed by atoms with Crippen molar-refractivity contribution < 1.29 is 23.5 Å². The molecule has 1 aromatic carbocycles. The quantitative estimate of drug-likeness (QED) is 0.741. The lowest BCUT2D eigenvalue weighted by Gasteiger charge is -2.18. The Labute approximate surface area is 152 Å². The summed E-state index contributed by atoms with van der Waals surface area (Å²) in [7, 11) is 4.93. The van der Waals surface area contributed by atoms with E-state index in [9.17, 15) is 9.59 Å². The molecule has 2 rings (SSSR count). The molecule has 1 N–H and O–H groups in total. The predicted molar refractivity (Wildman–Crippen MR) is 96.5 cm³/mol. The summed E-state index contributed by atoms with van der Waals surface area (Å²) in [5.74, 6) is 1.22. The van der Waals surface area contributed by atoms with E-state index in [1.807, 2.05) is 18.2 Å². The molecule has 0 fully saturated rings. The fourth-order valence-electron chi connectivity index (χ4n) is 2.43. The standard InChI is InChI=1S/C19H24N2O5/c1-21(11-9-14-6-7-15(24-2)17(13-14)25-3)18(22)8-10-20-19(23)16-5-4-12-26-16/h4-7,12-13H,8-11H2,1-3H3,(H,20,23). The molecule has 1 heterocycles. The van der Waals surface area contributed by atoms with Crippen LogP contribution in [-0.4, -0.2) is 51.1 Å². The van der Waals surface area contributed by atoms with E-state index in [-0.39, 0.29) is 30.5 Å². The average Bonchev–Trinajstić information content (AvgIpc) is 3.20. The van der Waals surface area contributed by atoms with Crippen LogP contribution < -0.4 is 14.8 Å². The average molecular weight is 360 g/mol. The van der Waals surface area contributed by atoms with E-state index < -0.39 is 0 Å². The van der Waals surface area contributed by atoms with Crippen molar-refractivity contribution in [3.63, 3.8) is 0 Å². The molecule has 0 unspecified atom stereocenters. The number of nitrogens with zero attached hydrogens (tertiary/aromatic N) is 1. The largest absolute Gasteiger partial charge is 0.493 e. The maximum atomic E-state index is 12.2. The number of rotatable bonds is 9. The zero-order valence-electron chi connectivity index (χ0n) is 15.3. The van der Waals surface area contributed by atoms with Crippen LogP contribution in [-0.2, 0) is 11.2 Å². The first kappa shape index (κ1) is 19.4. The molecule has 7 nitrogen and oxygen atoms in total. The van der Waals surface area contributed by atoms with Crippen LogP contribution in [0.2, 0.25) is 0 Å². The summed E-state index contributed by atoms with van der Waals surface area (Å²) in [6, 6.07) is 8.92.